The summed E-state index contributed by atoms with van der Waals surface area (Å²) in [5, 5.41) is 3.10. The lowest BCUT2D eigenvalue weighted by atomic mass is 10.0. The maximum absolute atomic E-state index is 14.9. The molecule has 0 amide bonds. The van der Waals surface area contributed by atoms with Crippen LogP contribution in [-0.2, 0) is 0 Å². The fourth-order valence-corrected chi connectivity index (χ4v) is 4.35. The number of hydrogen-bond acceptors (Lipinski definition) is 7. The van der Waals surface area contributed by atoms with Crippen molar-refractivity contribution in [1.29, 1.82) is 0 Å². The Bertz CT molecular complexity index is 887. The predicted octanol–water partition coefficient (Wildman–Crippen LogP) is 2.77. The Balaban J connectivity index is 1.39. The summed E-state index contributed by atoms with van der Waals surface area (Å²) in [5.41, 5.74) is 8.83. The first-order valence-corrected chi connectivity index (χ1v) is 10.8. The van der Waals surface area contributed by atoms with Crippen LogP contribution in [0.2, 0.25) is 0 Å². The molecule has 1 aromatic carbocycles. The molecule has 0 saturated carbocycles. The van der Waals surface area contributed by atoms with Crippen LogP contribution >= 0.6 is 0 Å². The number of aryl methyl sites for hydroxylation is 2. The monoisotopic (exact) mass is 413 g/mol. The average Bonchev–Trinajstić information content (AvgIpc) is 2.73. The maximum atomic E-state index is 14.9. The van der Waals surface area contributed by atoms with Crippen molar-refractivity contribution in [2.75, 3.05) is 62.3 Å². The summed E-state index contributed by atoms with van der Waals surface area (Å²) >= 11 is 0. The zero-order valence-electron chi connectivity index (χ0n) is 18.2. The molecule has 30 heavy (non-hydrogen) atoms. The first-order valence-electron chi connectivity index (χ1n) is 10.8. The standard InChI is InChI=1S/C22H32FN7/c1-15-16(2)26-22(21(24)25-15)27-17-4-5-20(19(23)14-17)30-8-6-18(7-9-30)29-12-10-28(3)11-13-29/h4-5,14,18H,6-13H2,1-3H3,(H2,24,25)(H,26,27). The van der Waals surface area contributed by atoms with Crippen molar-refractivity contribution in [2.24, 2.45) is 0 Å². The van der Waals surface area contributed by atoms with Crippen LogP contribution in [-0.4, -0.2) is 72.1 Å². The summed E-state index contributed by atoms with van der Waals surface area (Å²) in [6.45, 7) is 10.1. The Morgan fingerprint density at radius 3 is 2.33 bits per heavy atom. The van der Waals surface area contributed by atoms with Gasteiger partial charge in [0.05, 0.1) is 17.1 Å². The van der Waals surface area contributed by atoms with E-state index in [1.54, 1.807) is 0 Å². The number of hydrogen-bond donors (Lipinski definition) is 2. The van der Waals surface area contributed by atoms with E-state index in [0.29, 0.717) is 29.1 Å². The van der Waals surface area contributed by atoms with E-state index in [1.165, 1.54) is 6.07 Å². The molecule has 2 aliphatic heterocycles. The molecule has 2 aliphatic rings. The molecular weight excluding hydrogens is 381 g/mol. The summed E-state index contributed by atoms with van der Waals surface area (Å²) in [6.07, 6.45) is 2.16. The number of rotatable bonds is 4. The van der Waals surface area contributed by atoms with Crippen LogP contribution in [0.15, 0.2) is 18.2 Å². The van der Waals surface area contributed by atoms with Gasteiger partial charge in [-0.2, -0.15) is 0 Å². The lowest BCUT2D eigenvalue weighted by molar-refractivity contribution is 0.0981. The zero-order chi connectivity index (χ0) is 21.3. The minimum absolute atomic E-state index is 0.228. The topological polar surface area (TPSA) is 73.6 Å². The molecule has 0 atom stereocenters. The molecule has 0 spiro atoms. The van der Waals surface area contributed by atoms with Gasteiger partial charge in [0.2, 0.25) is 0 Å². The molecule has 1 aromatic heterocycles. The van der Waals surface area contributed by atoms with E-state index in [1.807, 2.05) is 26.0 Å². The van der Waals surface area contributed by atoms with Crippen LogP contribution in [0.5, 0.6) is 0 Å². The van der Waals surface area contributed by atoms with Gasteiger partial charge in [0.1, 0.15) is 5.82 Å². The van der Waals surface area contributed by atoms with Crippen molar-refractivity contribution in [1.82, 2.24) is 19.8 Å². The highest BCUT2D eigenvalue weighted by Crippen LogP contribution is 2.29. The van der Waals surface area contributed by atoms with Crippen molar-refractivity contribution in [3.05, 3.63) is 35.4 Å². The second-order valence-corrected chi connectivity index (χ2v) is 8.48. The second kappa shape index (κ2) is 8.73. The van der Waals surface area contributed by atoms with E-state index in [-0.39, 0.29) is 5.82 Å². The van der Waals surface area contributed by atoms with Crippen LogP contribution in [0, 0.1) is 19.7 Å². The first-order chi connectivity index (χ1) is 14.4. The van der Waals surface area contributed by atoms with Gasteiger partial charge in [-0.05, 0) is 51.9 Å². The molecule has 2 saturated heterocycles. The average molecular weight is 414 g/mol. The SMILES string of the molecule is Cc1nc(N)c(Nc2ccc(N3CCC(N4CCN(C)CC4)CC3)c(F)c2)nc1C. The molecule has 0 unspecified atom stereocenters. The normalized spacial score (nSPS) is 19.3. The van der Waals surface area contributed by atoms with Gasteiger partial charge in [-0.15, -0.1) is 0 Å². The highest BCUT2D eigenvalue weighted by Gasteiger charge is 2.27. The van der Waals surface area contributed by atoms with Crippen molar-refractivity contribution >= 4 is 23.0 Å². The summed E-state index contributed by atoms with van der Waals surface area (Å²) in [4.78, 5) is 15.9. The Labute approximate surface area is 178 Å². The number of aromatic nitrogens is 2. The number of piperidine rings is 1. The Morgan fingerprint density at radius 1 is 1.00 bits per heavy atom. The molecule has 8 heteroatoms. The smallest absolute Gasteiger partial charge is 0.173 e. The largest absolute Gasteiger partial charge is 0.381 e. The number of likely N-dealkylation sites (N-methyl/N-ethyl adjacent to an activating group) is 1. The van der Waals surface area contributed by atoms with E-state index >= 15 is 0 Å². The number of halogens is 1. The van der Waals surface area contributed by atoms with Crippen LogP contribution in [0.4, 0.5) is 27.4 Å². The molecule has 2 aromatic rings. The van der Waals surface area contributed by atoms with E-state index in [2.05, 4.69) is 37.0 Å². The molecular formula is C22H32FN7. The van der Waals surface area contributed by atoms with Crippen LogP contribution in [0.1, 0.15) is 24.2 Å². The number of piperazine rings is 1. The second-order valence-electron chi connectivity index (χ2n) is 8.48. The van der Waals surface area contributed by atoms with Gasteiger partial charge in [0.25, 0.3) is 0 Å². The van der Waals surface area contributed by atoms with Crippen molar-refractivity contribution in [2.45, 2.75) is 32.7 Å². The summed E-state index contributed by atoms with van der Waals surface area (Å²) in [7, 11) is 2.18. The minimum Gasteiger partial charge on any atom is -0.381 e. The highest BCUT2D eigenvalue weighted by atomic mass is 19.1. The minimum atomic E-state index is -0.228. The van der Waals surface area contributed by atoms with Gasteiger partial charge in [-0.25, -0.2) is 14.4 Å². The molecule has 162 valence electrons. The van der Waals surface area contributed by atoms with Crippen molar-refractivity contribution < 1.29 is 4.39 Å². The number of nitrogens with two attached hydrogens (primary N) is 1. The fraction of sp³-hybridized carbons (Fsp3) is 0.545. The van der Waals surface area contributed by atoms with Gasteiger partial charge in [0, 0.05) is 51.0 Å². The first kappa shape index (κ1) is 20.8. The lowest BCUT2D eigenvalue weighted by Crippen LogP contribution is -2.52. The van der Waals surface area contributed by atoms with E-state index < -0.39 is 0 Å². The van der Waals surface area contributed by atoms with Gasteiger partial charge < -0.3 is 20.9 Å². The Kier molecular flexibility index (Phi) is 6.06. The number of anilines is 4. The van der Waals surface area contributed by atoms with Crippen molar-refractivity contribution in [3.8, 4) is 0 Å². The summed E-state index contributed by atoms with van der Waals surface area (Å²) in [5.74, 6) is 0.542. The number of nitrogens with one attached hydrogen (secondary N) is 1. The van der Waals surface area contributed by atoms with E-state index in [4.69, 9.17) is 5.73 Å². The van der Waals surface area contributed by atoms with Crippen molar-refractivity contribution in [3.63, 3.8) is 0 Å². The van der Waals surface area contributed by atoms with E-state index in [9.17, 15) is 4.39 Å². The molecule has 0 bridgehead atoms. The number of benzene rings is 1. The third kappa shape index (κ3) is 4.49. The summed E-state index contributed by atoms with van der Waals surface area (Å²) in [6, 6.07) is 5.85. The molecule has 0 aliphatic carbocycles. The molecule has 7 nitrogen and oxygen atoms in total. The predicted molar refractivity (Wildman–Crippen MR) is 120 cm³/mol. The number of nitrogen functional groups attached to an aromatic ring is 1. The van der Waals surface area contributed by atoms with Crippen LogP contribution < -0.4 is 16.0 Å². The Morgan fingerprint density at radius 2 is 1.67 bits per heavy atom. The van der Waals surface area contributed by atoms with Gasteiger partial charge >= 0.3 is 0 Å². The fourth-order valence-electron chi connectivity index (χ4n) is 4.35. The molecule has 3 heterocycles. The summed E-state index contributed by atoms with van der Waals surface area (Å²) < 4.78 is 14.9. The van der Waals surface area contributed by atoms with Gasteiger partial charge in [-0.3, -0.25) is 4.90 Å². The third-order valence-electron chi connectivity index (χ3n) is 6.40. The quantitative estimate of drug-likeness (QED) is 0.798. The Hall–Kier alpha value is -2.45. The van der Waals surface area contributed by atoms with Crippen LogP contribution in [0.25, 0.3) is 0 Å². The molecule has 0 radical (unpaired) electrons. The third-order valence-corrected chi connectivity index (χ3v) is 6.40. The number of nitrogens with zero attached hydrogens (tertiary/aromatic N) is 5. The van der Waals surface area contributed by atoms with Gasteiger partial charge in [0.15, 0.2) is 11.6 Å². The van der Waals surface area contributed by atoms with Crippen LogP contribution in [0.3, 0.4) is 0 Å². The maximum Gasteiger partial charge on any atom is 0.173 e. The molecule has 2 fully saturated rings. The highest BCUT2D eigenvalue weighted by molar-refractivity contribution is 5.68. The van der Waals surface area contributed by atoms with E-state index in [0.717, 1.165) is 63.5 Å². The van der Waals surface area contributed by atoms with Gasteiger partial charge in [-0.1, -0.05) is 0 Å². The molecule has 3 N–H and O–H groups in total. The lowest BCUT2D eigenvalue weighted by Gasteiger charge is -2.42. The molecule has 4 rings (SSSR count). The zero-order valence-corrected chi connectivity index (χ0v) is 18.2.